The number of ether oxygens (including phenoxy) is 1. The number of pyridine rings is 1. The van der Waals surface area contributed by atoms with E-state index in [4.69, 9.17) is 10.5 Å². The van der Waals surface area contributed by atoms with Crippen LogP contribution in [0.4, 0.5) is 5.69 Å². The molecule has 0 bridgehead atoms. The third kappa shape index (κ3) is 3.26. The van der Waals surface area contributed by atoms with E-state index < -0.39 is 0 Å². The van der Waals surface area contributed by atoms with Crippen LogP contribution in [0.25, 0.3) is 17.0 Å². The highest BCUT2D eigenvalue weighted by Gasteiger charge is 2.23. The number of hydrogen-bond acceptors (Lipinski definition) is 3. The molecule has 0 saturated carbocycles. The minimum atomic E-state index is 0. The summed E-state index contributed by atoms with van der Waals surface area (Å²) in [4.78, 5) is 2.08. The molecule has 134 valence electrons. The predicted octanol–water partition coefficient (Wildman–Crippen LogP) is 0.307. The Bertz CT molecular complexity index is 955. The Hall–Kier alpha value is -2.56. The maximum atomic E-state index is 6.03. The van der Waals surface area contributed by atoms with Gasteiger partial charge in [-0.2, -0.15) is 4.57 Å². The zero-order chi connectivity index (χ0) is 17.2. The van der Waals surface area contributed by atoms with Crippen LogP contribution < -0.4 is 32.3 Å². The SMILES string of the molecule is CN1/C(=C/c2cc[n+](CCCN)c3ccccc23)Oc2ccccc21.[Cl-]. The van der Waals surface area contributed by atoms with E-state index in [1.54, 1.807) is 0 Å². The fourth-order valence-electron chi connectivity index (χ4n) is 3.27. The molecular weight excluding hydrogens is 346 g/mol. The van der Waals surface area contributed by atoms with Crippen molar-refractivity contribution in [1.82, 2.24) is 0 Å². The van der Waals surface area contributed by atoms with Gasteiger partial charge in [-0.05, 0) is 30.3 Å². The summed E-state index contributed by atoms with van der Waals surface area (Å²) in [5.41, 5.74) is 9.12. The summed E-state index contributed by atoms with van der Waals surface area (Å²) in [7, 11) is 2.03. The number of fused-ring (bicyclic) bond motifs is 2. The van der Waals surface area contributed by atoms with Gasteiger partial charge in [0, 0.05) is 31.7 Å². The number of benzene rings is 2. The van der Waals surface area contributed by atoms with Crippen molar-refractivity contribution in [3.63, 3.8) is 0 Å². The summed E-state index contributed by atoms with van der Waals surface area (Å²) >= 11 is 0. The fraction of sp³-hybridized carbons (Fsp3) is 0.190. The highest BCUT2D eigenvalue weighted by molar-refractivity contribution is 5.86. The summed E-state index contributed by atoms with van der Waals surface area (Å²) in [6.45, 7) is 1.62. The van der Waals surface area contributed by atoms with E-state index in [0.717, 1.165) is 35.8 Å². The molecule has 2 heterocycles. The van der Waals surface area contributed by atoms with E-state index in [1.165, 1.54) is 10.9 Å². The first-order valence-corrected chi connectivity index (χ1v) is 8.61. The van der Waals surface area contributed by atoms with Crippen molar-refractivity contribution >= 4 is 22.7 Å². The molecule has 0 saturated heterocycles. The number of halogens is 1. The maximum Gasteiger partial charge on any atom is 0.213 e. The molecule has 0 aliphatic carbocycles. The smallest absolute Gasteiger partial charge is 0.213 e. The fourth-order valence-corrected chi connectivity index (χ4v) is 3.27. The standard InChI is InChI=1S/C21H22N3O.ClH/c1-23-19-9-4-5-10-20(19)25-21(23)15-16-11-14-24(13-6-12-22)18-8-3-2-7-17(16)18;/h2-5,7-11,14-15H,6,12-13,22H2,1H3;1H/q+1;/p-1. The molecule has 2 N–H and O–H groups in total. The van der Waals surface area contributed by atoms with Crippen LogP contribution in [0.5, 0.6) is 5.75 Å². The minimum absolute atomic E-state index is 0. The zero-order valence-electron chi connectivity index (χ0n) is 14.7. The maximum absolute atomic E-state index is 6.03. The van der Waals surface area contributed by atoms with Gasteiger partial charge in [0.25, 0.3) is 0 Å². The largest absolute Gasteiger partial charge is 1.00 e. The van der Waals surface area contributed by atoms with Crippen molar-refractivity contribution in [3.8, 4) is 5.75 Å². The van der Waals surface area contributed by atoms with Crippen molar-refractivity contribution in [2.24, 2.45) is 5.73 Å². The summed E-state index contributed by atoms with van der Waals surface area (Å²) in [6, 6.07) is 18.7. The lowest BCUT2D eigenvalue weighted by atomic mass is 10.1. The molecular formula is C21H22ClN3O. The molecule has 5 heteroatoms. The highest BCUT2D eigenvalue weighted by Crippen LogP contribution is 2.38. The highest BCUT2D eigenvalue weighted by atomic mass is 35.5. The van der Waals surface area contributed by atoms with Crippen molar-refractivity contribution in [2.75, 3.05) is 18.5 Å². The van der Waals surface area contributed by atoms with Crippen LogP contribution in [0.1, 0.15) is 12.0 Å². The number of anilines is 1. The topological polar surface area (TPSA) is 42.4 Å². The molecule has 0 amide bonds. The second kappa shape index (κ2) is 7.77. The second-order valence-electron chi connectivity index (χ2n) is 6.24. The molecule has 1 aliphatic heterocycles. The van der Waals surface area contributed by atoms with Crippen LogP contribution in [0.15, 0.2) is 66.7 Å². The van der Waals surface area contributed by atoms with Crippen LogP contribution in [-0.4, -0.2) is 13.6 Å². The summed E-state index contributed by atoms with van der Waals surface area (Å²) in [6.07, 6.45) is 5.21. The van der Waals surface area contributed by atoms with Crippen molar-refractivity contribution in [3.05, 3.63) is 72.2 Å². The Kier molecular flexibility index (Phi) is 5.45. The number of hydrogen-bond donors (Lipinski definition) is 1. The third-order valence-corrected chi connectivity index (χ3v) is 4.61. The van der Waals surface area contributed by atoms with Gasteiger partial charge in [-0.3, -0.25) is 0 Å². The van der Waals surface area contributed by atoms with E-state index >= 15 is 0 Å². The molecule has 4 nitrogen and oxygen atoms in total. The van der Waals surface area contributed by atoms with Gasteiger partial charge in [0.2, 0.25) is 11.4 Å². The number of nitrogens with zero attached hydrogens (tertiary/aromatic N) is 2. The average Bonchev–Trinajstić information content (AvgIpc) is 2.97. The second-order valence-corrected chi connectivity index (χ2v) is 6.24. The van der Waals surface area contributed by atoms with Gasteiger partial charge in [0.15, 0.2) is 11.9 Å². The molecule has 0 atom stereocenters. The van der Waals surface area contributed by atoms with Gasteiger partial charge in [-0.25, -0.2) is 0 Å². The molecule has 0 spiro atoms. The number of aromatic nitrogens is 1. The van der Waals surface area contributed by atoms with Gasteiger partial charge in [0.1, 0.15) is 6.54 Å². The first-order chi connectivity index (χ1) is 12.3. The number of aryl methyl sites for hydroxylation is 1. The minimum Gasteiger partial charge on any atom is -1.00 e. The average molecular weight is 368 g/mol. The zero-order valence-corrected chi connectivity index (χ0v) is 15.5. The Morgan fingerprint density at radius 1 is 1.08 bits per heavy atom. The molecule has 3 aromatic rings. The van der Waals surface area contributed by atoms with E-state index in [1.807, 2.05) is 25.2 Å². The quantitative estimate of drug-likeness (QED) is 0.675. The Morgan fingerprint density at radius 2 is 1.85 bits per heavy atom. The van der Waals surface area contributed by atoms with E-state index in [9.17, 15) is 0 Å². The van der Waals surface area contributed by atoms with E-state index in [-0.39, 0.29) is 12.4 Å². The van der Waals surface area contributed by atoms with Crippen LogP contribution >= 0.6 is 0 Å². The molecule has 0 fully saturated rings. The first-order valence-electron chi connectivity index (χ1n) is 8.61. The lowest BCUT2D eigenvalue weighted by molar-refractivity contribution is -0.671. The molecule has 1 aliphatic rings. The van der Waals surface area contributed by atoms with E-state index in [2.05, 4.69) is 58.1 Å². The Balaban J connectivity index is 0.00000196. The molecule has 2 aromatic carbocycles. The van der Waals surface area contributed by atoms with Gasteiger partial charge in [0.05, 0.1) is 11.1 Å². The van der Waals surface area contributed by atoms with Crippen LogP contribution in [-0.2, 0) is 6.54 Å². The van der Waals surface area contributed by atoms with Crippen molar-refractivity contribution in [2.45, 2.75) is 13.0 Å². The van der Waals surface area contributed by atoms with Crippen molar-refractivity contribution in [1.29, 1.82) is 0 Å². The van der Waals surface area contributed by atoms with Crippen LogP contribution in [0, 0.1) is 0 Å². The Morgan fingerprint density at radius 3 is 2.65 bits per heavy atom. The number of nitrogens with two attached hydrogens (primary N) is 1. The van der Waals surface area contributed by atoms with Gasteiger partial charge in [-0.1, -0.05) is 24.3 Å². The normalized spacial score (nSPS) is 14.2. The summed E-state index contributed by atoms with van der Waals surface area (Å²) in [5.74, 6) is 1.74. The van der Waals surface area contributed by atoms with Gasteiger partial charge < -0.3 is 27.8 Å². The molecule has 0 radical (unpaired) electrons. The van der Waals surface area contributed by atoms with Crippen LogP contribution in [0.3, 0.4) is 0 Å². The van der Waals surface area contributed by atoms with Crippen molar-refractivity contribution < 1.29 is 21.7 Å². The van der Waals surface area contributed by atoms with Crippen LogP contribution in [0.2, 0.25) is 0 Å². The van der Waals surface area contributed by atoms with Gasteiger partial charge >= 0.3 is 0 Å². The molecule has 4 rings (SSSR count). The van der Waals surface area contributed by atoms with E-state index in [0.29, 0.717) is 6.54 Å². The number of rotatable bonds is 4. The van der Waals surface area contributed by atoms with Gasteiger partial charge in [-0.15, -0.1) is 0 Å². The Labute approximate surface area is 159 Å². The number of para-hydroxylation sites is 3. The third-order valence-electron chi connectivity index (χ3n) is 4.61. The first kappa shape index (κ1) is 18.2. The molecule has 1 aromatic heterocycles. The molecule has 26 heavy (non-hydrogen) atoms. The lowest BCUT2D eigenvalue weighted by Gasteiger charge is -2.11. The summed E-state index contributed by atoms with van der Waals surface area (Å²) in [5, 5.41) is 1.21. The lowest BCUT2D eigenvalue weighted by Crippen LogP contribution is -3.00. The monoisotopic (exact) mass is 367 g/mol. The molecule has 0 unspecified atom stereocenters. The predicted molar refractivity (Wildman–Crippen MR) is 101 cm³/mol. The summed E-state index contributed by atoms with van der Waals surface area (Å²) < 4.78 is 8.29.